The van der Waals surface area contributed by atoms with E-state index in [1.165, 1.54) is 6.92 Å². The van der Waals surface area contributed by atoms with E-state index in [1.807, 2.05) is 0 Å². The molecule has 0 radical (unpaired) electrons. The van der Waals surface area contributed by atoms with Crippen LogP contribution < -0.4 is 5.32 Å². The molecule has 18 heavy (non-hydrogen) atoms. The van der Waals surface area contributed by atoms with Gasteiger partial charge in [0.15, 0.2) is 0 Å². The number of hydrogen-bond acceptors (Lipinski definition) is 4. The van der Waals surface area contributed by atoms with E-state index in [-0.39, 0.29) is 12.4 Å². The number of carbonyl (C=O) groups excluding carboxylic acids is 1. The number of hydrogen-bond donors (Lipinski definition) is 1. The van der Waals surface area contributed by atoms with Crippen LogP contribution in [-0.2, 0) is 15.7 Å². The molecule has 0 amide bonds. The normalized spacial score (nSPS) is 12.9. The van der Waals surface area contributed by atoms with Gasteiger partial charge in [0, 0.05) is 6.20 Å². The second-order valence-electron chi connectivity index (χ2n) is 3.55. The lowest BCUT2D eigenvalue weighted by atomic mass is 10.2. The highest BCUT2D eigenvalue weighted by Crippen LogP contribution is 2.29. The largest absolute Gasteiger partial charge is 0.464 e. The van der Waals surface area contributed by atoms with E-state index >= 15 is 0 Å². The van der Waals surface area contributed by atoms with Crippen molar-refractivity contribution in [1.82, 2.24) is 4.98 Å². The third-order valence-electron chi connectivity index (χ3n) is 2.09. The molecule has 1 N–H and O–H groups in total. The van der Waals surface area contributed by atoms with Crippen LogP contribution in [0, 0.1) is 0 Å². The van der Waals surface area contributed by atoms with Gasteiger partial charge < -0.3 is 10.1 Å². The highest BCUT2D eigenvalue weighted by molar-refractivity contribution is 5.78. The number of rotatable bonds is 4. The summed E-state index contributed by atoms with van der Waals surface area (Å²) in [5.41, 5.74) is -0.823. The lowest BCUT2D eigenvalue weighted by Gasteiger charge is -2.14. The van der Waals surface area contributed by atoms with Crippen molar-refractivity contribution in [2.75, 3.05) is 11.9 Å². The maximum atomic E-state index is 12.4. The predicted molar refractivity (Wildman–Crippen MR) is 59.0 cm³/mol. The molecular weight excluding hydrogens is 249 g/mol. The van der Waals surface area contributed by atoms with Crippen LogP contribution in [0.1, 0.15) is 19.4 Å². The van der Waals surface area contributed by atoms with Crippen LogP contribution in [0.15, 0.2) is 18.3 Å². The van der Waals surface area contributed by atoms with E-state index in [9.17, 15) is 18.0 Å². The molecule has 0 fully saturated rings. The molecule has 0 aromatic carbocycles. The number of esters is 1. The van der Waals surface area contributed by atoms with Crippen LogP contribution >= 0.6 is 0 Å². The third-order valence-corrected chi connectivity index (χ3v) is 2.09. The van der Waals surface area contributed by atoms with Crippen LogP contribution in [0.2, 0.25) is 0 Å². The average molecular weight is 262 g/mol. The Balaban J connectivity index is 2.76. The topological polar surface area (TPSA) is 51.2 Å². The third kappa shape index (κ3) is 3.90. The van der Waals surface area contributed by atoms with Crippen molar-refractivity contribution < 1.29 is 22.7 Å². The van der Waals surface area contributed by atoms with Gasteiger partial charge in [0.25, 0.3) is 0 Å². The molecule has 1 rings (SSSR count). The summed E-state index contributed by atoms with van der Waals surface area (Å²) in [5, 5.41) is 2.55. The maximum absolute atomic E-state index is 12.4. The molecule has 0 bridgehead atoms. The Morgan fingerprint density at radius 2 is 2.22 bits per heavy atom. The van der Waals surface area contributed by atoms with Crippen LogP contribution in [0.3, 0.4) is 0 Å². The zero-order valence-corrected chi connectivity index (χ0v) is 9.91. The van der Waals surface area contributed by atoms with E-state index in [0.29, 0.717) is 0 Å². The number of carbonyl (C=O) groups is 1. The molecule has 0 saturated carbocycles. The van der Waals surface area contributed by atoms with E-state index < -0.39 is 23.8 Å². The van der Waals surface area contributed by atoms with Gasteiger partial charge in [-0.2, -0.15) is 13.2 Å². The smallest absolute Gasteiger partial charge is 0.416 e. The van der Waals surface area contributed by atoms with E-state index in [2.05, 4.69) is 10.3 Å². The van der Waals surface area contributed by atoms with E-state index in [1.54, 1.807) is 6.92 Å². The fraction of sp³-hybridized carbons (Fsp3) is 0.455. The van der Waals surface area contributed by atoms with Gasteiger partial charge in [-0.3, -0.25) is 0 Å². The molecule has 1 atom stereocenters. The first-order valence-electron chi connectivity index (χ1n) is 5.31. The monoisotopic (exact) mass is 262 g/mol. The SMILES string of the molecule is CCOC(=O)C(C)Nc1cc(C(F)(F)F)ccn1. The van der Waals surface area contributed by atoms with Crippen LogP contribution in [0.4, 0.5) is 19.0 Å². The molecule has 1 aromatic heterocycles. The lowest BCUT2D eigenvalue weighted by molar-refractivity contribution is -0.143. The summed E-state index contributed by atoms with van der Waals surface area (Å²) in [5.74, 6) is -0.568. The Morgan fingerprint density at radius 3 is 2.78 bits per heavy atom. The number of pyridine rings is 1. The molecular formula is C11H13F3N2O2. The molecule has 1 aromatic rings. The summed E-state index contributed by atoms with van der Waals surface area (Å²) in [6.45, 7) is 3.34. The molecule has 1 unspecified atom stereocenters. The number of nitrogens with zero attached hydrogens (tertiary/aromatic N) is 1. The van der Waals surface area contributed by atoms with Gasteiger partial charge in [0.05, 0.1) is 12.2 Å². The second-order valence-corrected chi connectivity index (χ2v) is 3.55. The molecule has 0 saturated heterocycles. The van der Waals surface area contributed by atoms with Crippen LogP contribution in [0.5, 0.6) is 0 Å². The molecule has 7 heteroatoms. The molecule has 4 nitrogen and oxygen atoms in total. The summed E-state index contributed by atoms with van der Waals surface area (Å²) < 4.78 is 42.0. The minimum atomic E-state index is -4.44. The second kappa shape index (κ2) is 5.70. The van der Waals surface area contributed by atoms with Gasteiger partial charge in [-0.1, -0.05) is 0 Å². The molecule has 0 spiro atoms. The van der Waals surface area contributed by atoms with Crippen molar-refractivity contribution >= 4 is 11.8 Å². The number of nitrogens with one attached hydrogen (secondary N) is 1. The van der Waals surface area contributed by atoms with Crippen molar-refractivity contribution in [3.8, 4) is 0 Å². The van der Waals surface area contributed by atoms with Gasteiger partial charge in [0.1, 0.15) is 11.9 Å². The lowest BCUT2D eigenvalue weighted by Crippen LogP contribution is -2.28. The fourth-order valence-electron chi connectivity index (χ4n) is 1.23. The van der Waals surface area contributed by atoms with E-state index in [0.717, 1.165) is 18.3 Å². The van der Waals surface area contributed by atoms with Crippen LogP contribution in [-0.4, -0.2) is 23.6 Å². The van der Waals surface area contributed by atoms with Gasteiger partial charge in [-0.25, -0.2) is 9.78 Å². The highest BCUT2D eigenvalue weighted by Gasteiger charge is 2.31. The van der Waals surface area contributed by atoms with Gasteiger partial charge in [-0.15, -0.1) is 0 Å². The minimum absolute atomic E-state index is 0.0228. The molecule has 0 aliphatic rings. The first kappa shape index (κ1) is 14.3. The summed E-state index contributed by atoms with van der Waals surface area (Å²) in [4.78, 5) is 15.0. The Bertz CT molecular complexity index is 421. The van der Waals surface area contributed by atoms with Crippen molar-refractivity contribution in [3.05, 3.63) is 23.9 Å². The molecule has 0 aliphatic carbocycles. The minimum Gasteiger partial charge on any atom is -0.464 e. The summed E-state index contributed by atoms with van der Waals surface area (Å²) in [7, 11) is 0. The number of ether oxygens (including phenoxy) is 1. The zero-order valence-electron chi connectivity index (χ0n) is 9.91. The van der Waals surface area contributed by atoms with Crippen molar-refractivity contribution in [3.63, 3.8) is 0 Å². The van der Waals surface area contributed by atoms with E-state index in [4.69, 9.17) is 4.74 Å². The maximum Gasteiger partial charge on any atom is 0.416 e. The number of halogens is 3. The zero-order chi connectivity index (χ0) is 13.8. The standard InChI is InChI=1S/C11H13F3N2O2/c1-3-18-10(17)7(2)16-9-6-8(4-5-15-9)11(12,13)14/h4-7H,3H2,1-2H3,(H,15,16). The fourth-order valence-corrected chi connectivity index (χ4v) is 1.23. The first-order chi connectivity index (χ1) is 8.34. The average Bonchev–Trinajstić information content (AvgIpc) is 2.28. The van der Waals surface area contributed by atoms with Crippen LogP contribution in [0.25, 0.3) is 0 Å². The number of aromatic nitrogens is 1. The van der Waals surface area contributed by atoms with Crippen molar-refractivity contribution in [2.45, 2.75) is 26.1 Å². The van der Waals surface area contributed by atoms with Gasteiger partial charge in [0.2, 0.25) is 0 Å². The first-order valence-corrected chi connectivity index (χ1v) is 5.31. The van der Waals surface area contributed by atoms with Crippen molar-refractivity contribution in [1.29, 1.82) is 0 Å². The number of alkyl halides is 3. The quantitative estimate of drug-likeness (QED) is 0.847. The Hall–Kier alpha value is -1.79. The Kier molecular flexibility index (Phi) is 4.52. The number of anilines is 1. The molecule has 1 heterocycles. The summed E-state index contributed by atoms with van der Waals surface area (Å²) in [6, 6.07) is 0.941. The highest BCUT2D eigenvalue weighted by atomic mass is 19.4. The van der Waals surface area contributed by atoms with Gasteiger partial charge in [-0.05, 0) is 26.0 Å². The Morgan fingerprint density at radius 1 is 1.56 bits per heavy atom. The predicted octanol–water partition coefficient (Wildman–Crippen LogP) is 2.46. The molecule has 100 valence electrons. The summed E-state index contributed by atoms with van der Waals surface area (Å²) in [6.07, 6.45) is -3.41. The van der Waals surface area contributed by atoms with Crippen molar-refractivity contribution in [2.24, 2.45) is 0 Å². The summed E-state index contributed by atoms with van der Waals surface area (Å²) >= 11 is 0. The molecule has 0 aliphatic heterocycles. The van der Waals surface area contributed by atoms with Gasteiger partial charge >= 0.3 is 12.1 Å². The Labute approximate surface area is 102 Å².